The Hall–Kier alpha value is -1.85. The molecule has 0 N–H and O–H groups in total. The lowest BCUT2D eigenvalue weighted by atomic mass is 10.5. The van der Waals surface area contributed by atoms with Crippen LogP contribution in [-0.4, -0.2) is 18.7 Å². The van der Waals surface area contributed by atoms with Gasteiger partial charge in [-0.05, 0) is 0 Å². The van der Waals surface area contributed by atoms with Crippen LogP contribution in [0.3, 0.4) is 0 Å². The zero-order valence-corrected chi connectivity index (χ0v) is 8.18. The molecular formula is C9H14N4O2. The Morgan fingerprint density at radius 3 is 2.33 bits per heavy atom. The van der Waals surface area contributed by atoms with Gasteiger partial charge in [0.15, 0.2) is 11.2 Å². The average Bonchev–Trinajstić information content (AvgIpc) is 2.54. The number of fused-ring (bicyclic) bond motifs is 1. The molecule has 6 nitrogen and oxygen atoms in total. The van der Waals surface area contributed by atoms with Gasteiger partial charge in [0.2, 0.25) is 0 Å². The molecule has 0 atom stereocenters. The average molecular weight is 210 g/mol. The first-order chi connectivity index (χ1) is 6.54. The molecule has 2 heterocycles. The summed E-state index contributed by atoms with van der Waals surface area (Å²) < 4.78 is 4.04. The third-order valence-corrected chi connectivity index (χ3v) is 2.32. The van der Waals surface area contributed by atoms with Gasteiger partial charge in [0, 0.05) is 21.1 Å². The summed E-state index contributed by atoms with van der Waals surface area (Å²) in [6.45, 7) is 0. The molecule has 0 radical (unpaired) electrons. The van der Waals surface area contributed by atoms with E-state index in [1.807, 2.05) is 0 Å². The summed E-state index contributed by atoms with van der Waals surface area (Å²) in [6.07, 6.45) is 1.52. The highest BCUT2D eigenvalue weighted by Gasteiger charge is 2.11. The van der Waals surface area contributed by atoms with Crippen molar-refractivity contribution in [1.82, 2.24) is 18.7 Å². The van der Waals surface area contributed by atoms with E-state index in [0.29, 0.717) is 11.2 Å². The highest BCUT2D eigenvalue weighted by molar-refractivity contribution is 5.69. The van der Waals surface area contributed by atoms with Gasteiger partial charge < -0.3 is 4.57 Å². The molecule has 0 aromatic carbocycles. The van der Waals surface area contributed by atoms with E-state index in [2.05, 4.69) is 4.98 Å². The van der Waals surface area contributed by atoms with Gasteiger partial charge in [-0.1, -0.05) is 7.43 Å². The monoisotopic (exact) mass is 210 g/mol. The summed E-state index contributed by atoms with van der Waals surface area (Å²) in [4.78, 5) is 27.2. The Labute approximate surface area is 86.4 Å². The lowest BCUT2D eigenvalue weighted by molar-refractivity contribution is 0.705. The van der Waals surface area contributed by atoms with E-state index in [9.17, 15) is 9.59 Å². The molecule has 0 unspecified atom stereocenters. The molecule has 0 fully saturated rings. The molecule has 82 valence electrons. The highest BCUT2D eigenvalue weighted by atomic mass is 16.2. The fourth-order valence-corrected chi connectivity index (χ4v) is 1.47. The van der Waals surface area contributed by atoms with Crippen molar-refractivity contribution in [3.05, 3.63) is 27.2 Å². The number of hydrogen-bond donors (Lipinski definition) is 0. The van der Waals surface area contributed by atoms with Crippen LogP contribution < -0.4 is 11.2 Å². The highest BCUT2D eigenvalue weighted by Crippen LogP contribution is 2.01. The van der Waals surface area contributed by atoms with Gasteiger partial charge in [-0.15, -0.1) is 0 Å². The van der Waals surface area contributed by atoms with Crippen LogP contribution in [0.15, 0.2) is 15.9 Å². The molecule has 2 aromatic rings. The number of hydrogen-bond acceptors (Lipinski definition) is 3. The first-order valence-corrected chi connectivity index (χ1v) is 4.11. The fraction of sp³-hybridized carbons (Fsp3) is 0.444. The molecule has 0 saturated heterocycles. The molecule has 0 amide bonds. The van der Waals surface area contributed by atoms with Crippen molar-refractivity contribution in [3.8, 4) is 0 Å². The molecule has 0 aliphatic rings. The minimum atomic E-state index is -0.360. The Morgan fingerprint density at radius 2 is 1.73 bits per heavy atom. The van der Waals surface area contributed by atoms with Crippen LogP contribution in [0, 0.1) is 0 Å². The minimum absolute atomic E-state index is 0. The summed E-state index contributed by atoms with van der Waals surface area (Å²) in [5.41, 5.74) is 0.180. The fourth-order valence-electron chi connectivity index (χ4n) is 1.47. The predicted octanol–water partition coefficient (Wildman–Crippen LogP) is -0.393. The van der Waals surface area contributed by atoms with E-state index >= 15 is 0 Å². The third-order valence-electron chi connectivity index (χ3n) is 2.32. The molecule has 2 rings (SSSR count). The molecule has 0 bridgehead atoms. The number of nitrogens with zero attached hydrogens (tertiary/aromatic N) is 4. The van der Waals surface area contributed by atoms with Gasteiger partial charge in [0.1, 0.15) is 0 Å². The van der Waals surface area contributed by atoms with Crippen LogP contribution in [0.2, 0.25) is 0 Å². The molecule has 0 aliphatic carbocycles. The Balaban J connectivity index is 0.00000112. The van der Waals surface area contributed by atoms with E-state index in [4.69, 9.17) is 0 Å². The van der Waals surface area contributed by atoms with Gasteiger partial charge in [-0.2, -0.15) is 0 Å². The zero-order chi connectivity index (χ0) is 10.5. The maximum absolute atomic E-state index is 11.7. The summed E-state index contributed by atoms with van der Waals surface area (Å²) >= 11 is 0. The Bertz CT molecular complexity index is 617. The lowest BCUT2D eigenvalue weighted by Crippen LogP contribution is -2.37. The molecule has 15 heavy (non-hydrogen) atoms. The molecule has 0 spiro atoms. The second-order valence-electron chi connectivity index (χ2n) is 3.23. The SMILES string of the molecule is C.Cn1c(=O)c2c(ncn2C)n(C)c1=O. The van der Waals surface area contributed by atoms with E-state index in [0.717, 1.165) is 4.57 Å². The summed E-state index contributed by atoms with van der Waals surface area (Å²) in [6, 6.07) is 0. The van der Waals surface area contributed by atoms with Gasteiger partial charge in [0.05, 0.1) is 6.33 Å². The maximum Gasteiger partial charge on any atom is 0.332 e. The van der Waals surface area contributed by atoms with E-state index in [1.54, 1.807) is 18.7 Å². The van der Waals surface area contributed by atoms with Crippen LogP contribution in [0.4, 0.5) is 0 Å². The largest absolute Gasteiger partial charge is 0.332 e. The number of aryl methyl sites for hydroxylation is 2. The normalized spacial score (nSPS) is 10.3. The third kappa shape index (κ3) is 1.29. The second kappa shape index (κ2) is 3.38. The molecular weight excluding hydrogens is 196 g/mol. The Kier molecular flexibility index (Phi) is 2.53. The number of rotatable bonds is 0. The predicted molar refractivity (Wildman–Crippen MR) is 57.9 cm³/mol. The van der Waals surface area contributed by atoms with Crippen molar-refractivity contribution in [3.63, 3.8) is 0 Å². The van der Waals surface area contributed by atoms with Crippen LogP contribution in [0.1, 0.15) is 7.43 Å². The molecule has 0 saturated carbocycles. The van der Waals surface area contributed by atoms with Crippen molar-refractivity contribution in [2.24, 2.45) is 21.1 Å². The van der Waals surface area contributed by atoms with Crippen molar-refractivity contribution >= 4 is 11.2 Å². The second-order valence-corrected chi connectivity index (χ2v) is 3.23. The van der Waals surface area contributed by atoms with Gasteiger partial charge in [0.25, 0.3) is 5.56 Å². The smallest absolute Gasteiger partial charge is 0.328 e. The Morgan fingerprint density at radius 1 is 1.13 bits per heavy atom. The van der Waals surface area contributed by atoms with Crippen LogP contribution >= 0.6 is 0 Å². The topological polar surface area (TPSA) is 61.8 Å². The van der Waals surface area contributed by atoms with E-state index in [-0.39, 0.29) is 18.7 Å². The maximum atomic E-state index is 11.7. The van der Waals surface area contributed by atoms with Crippen molar-refractivity contribution in [1.29, 1.82) is 0 Å². The van der Waals surface area contributed by atoms with Crippen LogP contribution in [-0.2, 0) is 21.1 Å². The first kappa shape index (κ1) is 11.2. The summed E-state index contributed by atoms with van der Waals surface area (Å²) in [5.74, 6) is 0. The lowest BCUT2D eigenvalue weighted by Gasteiger charge is -2.02. The van der Waals surface area contributed by atoms with Crippen molar-refractivity contribution < 1.29 is 0 Å². The molecule has 0 aliphatic heterocycles. The zero-order valence-electron chi connectivity index (χ0n) is 8.18. The minimum Gasteiger partial charge on any atom is -0.328 e. The summed E-state index contributed by atoms with van der Waals surface area (Å²) in [5, 5.41) is 0. The number of aromatic nitrogens is 4. The quantitative estimate of drug-likeness (QED) is 0.594. The summed E-state index contributed by atoms with van der Waals surface area (Å²) in [7, 11) is 4.77. The van der Waals surface area contributed by atoms with E-state index < -0.39 is 0 Å². The van der Waals surface area contributed by atoms with Crippen LogP contribution in [0.5, 0.6) is 0 Å². The van der Waals surface area contributed by atoms with Gasteiger partial charge in [-0.3, -0.25) is 13.9 Å². The first-order valence-electron chi connectivity index (χ1n) is 4.11. The molecule has 2 aromatic heterocycles. The van der Waals surface area contributed by atoms with Gasteiger partial charge >= 0.3 is 5.69 Å². The standard InChI is InChI=1S/C8H10N4O2.CH4/c1-10-4-9-6-5(10)7(13)12(3)8(14)11(6)2;/h4H,1-3H3;1H4. The van der Waals surface area contributed by atoms with Crippen LogP contribution in [0.25, 0.3) is 11.2 Å². The van der Waals surface area contributed by atoms with Crippen molar-refractivity contribution in [2.75, 3.05) is 0 Å². The van der Waals surface area contributed by atoms with Crippen molar-refractivity contribution in [2.45, 2.75) is 7.43 Å². The number of imidazole rings is 1. The van der Waals surface area contributed by atoms with Gasteiger partial charge in [-0.25, -0.2) is 9.78 Å². The van der Waals surface area contributed by atoms with E-state index in [1.165, 1.54) is 17.9 Å². The molecule has 6 heteroatoms.